The van der Waals surface area contributed by atoms with Crippen LogP contribution in [0.3, 0.4) is 0 Å². The van der Waals surface area contributed by atoms with Crippen molar-refractivity contribution < 1.29 is 14.3 Å². The molecule has 0 atom stereocenters. The van der Waals surface area contributed by atoms with E-state index in [1.54, 1.807) is 24.3 Å². The molecule has 6 heteroatoms. The molecular formula is C20H18N2O3S. The molecular weight excluding hydrogens is 348 g/mol. The van der Waals surface area contributed by atoms with Crippen molar-refractivity contribution in [2.45, 2.75) is 13.8 Å². The Labute approximate surface area is 155 Å². The Kier molecular flexibility index (Phi) is 5.04. The lowest BCUT2D eigenvalue weighted by atomic mass is 10.1. The van der Waals surface area contributed by atoms with Gasteiger partial charge in [-0.05, 0) is 49.7 Å². The number of thiophene rings is 1. The van der Waals surface area contributed by atoms with Crippen molar-refractivity contribution in [1.82, 2.24) is 0 Å². The van der Waals surface area contributed by atoms with Crippen LogP contribution in [0.5, 0.6) is 11.5 Å². The lowest BCUT2D eigenvalue weighted by Gasteiger charge is -2.08. The molecule has 0 unspecified atom stereocenters. The number of para-hydroxylation sites is 1. The molecule has 2 aromatic carbocycles. The molecule has 26 heavy (non-hydrogen) atoms. The van der Waals surface area contributed by atoms with Crippen molar-refractivity contribution >= 4 is 28.2 Å². The van der Waals surface area contributed by atoms with Gasteiger partial charge in [-0.25, -0.2) is 0 Å². The van der Waals surface area contributed by atoms with Crippen molar-refractivity contribution in [1.29, 1.82) is 0 Å². The van der Waals surface area contributed by atoms with Gasteiger partial charge in [-0.2, -0.15) is 0 Å². The Morgan fingerprint density at radius 3 is 2.38 bits per heavy atom. The third kappa shape index (κ3) is 3.75. The van der Waals surface area contributed by atoms with E-state index in [9.17, 15) is 9.59 Å². The number of anilines is 1. The van der Waals surface area contributed by atoms with Crippen molar-refractivity contribution in [3.8, 4) is 11.5 Å². The van der Waals surface area contributed by atoms with Gasteiger partial charge in [0, 0.05) is 10.4 Å². The average molecular weight is 366 g/mol. The number of nitrogens with one attached hydrogen (secondary N) is 1. The predicted molar refractivity (Wildman–Crippen MR) is 103 cm³/mol. The van der Waals surface area contributed by atoms with Gasteiger partial charge in [0.1, 0.15) is 16.5 Å². The van der Waals surface area contributed by atoms with E-state index in [1.165, 1.54) is 11.3 Å². The van der Waals surface area contributed by atoms with Gasteiger partial charge in [-0.15, -0.1) is 11.3 Å². The number of hydrogen-bond acceptors (Lipinski definition) is 4. The lowest BCUT2D eigenvalue weighted by molar-refractivity contribution is 0.100. The zero-order chi connectivity index (χ0) is 18.7. The first kappa shape index (κ1) is 17.7. The fraction of sp³-hybridized carbons (Fsp3) is 0.100. The number of amides is 2. The van der Waals surface area contributed by atoms with Crippen LogP contribution in [-0.4, -0.2) is 11.8 Å². The van der Waals surface area contributed by atoms with Gasteiger partial charge in [0.05, 0.1) is 5.56 Å². The number of aryl methyl sites for hydroxylation is 1. The van der Waals surface area contributed by atoms with Crippen LogP contribution in [0.25, 0.3) is 0 Å². The molecule has 3 rings (SSSR count). The van der Waals surface area contributed by atoms with E-state index < -0.39 is 5.91 Å². The smallest absolute Gasteiger partial charge is 0.256 e. The van der Waals surface area contributed by atoms with Crippen LogP contribution >= 0.6 is 11.3 Å². The lowest BCUT2D eigenvalue weighted by Crippen LogP contribution is -2.17. The Morgan fingerprint density at radius 2 is 1.69 bits per heavy atom. The van der Waals surface area contributed by atoms with Gasteiger partial charge < -0.3 is 15.8 Å². The summed E-state index contributed by atoms with van der Waals surface area (Å²) < 4.78 is 5.75. The van der Waals surface area contributed by atoms with E-state index in [0.717, 1.165) is 10.4 Å². The van der Waals surface area contributed by atoms with Gasteiger partial charge >= 0.3 is 0 Å². The molecule has 5 nitrogen and oxygen atoms in total. The summed E-state index contributed by atoms with van der Waals surface area (Å²) in [5.41, 5.74) is 7.03. The summed E-state index contributed by atoms with van der Waals surface area (Å²) in [7, 11) is 0. The highest BCUT2D eigenvalue weighted by Gasteiger charge is 2.19. The standard InChI is InChI=1S/C20H18N2O3S/c1-12-13(2)26-20(17(12)18(21)23)22-19(24)14-7-6-10-16(11-14)25-15-8-4-3-5-9-15/h3-11H,1-2H3,(H2,21,23)(H,22,24). The molecule has 1 heterocycles. The quantitative estimate of drug-likeness (QED) is 0.697. The third-order valence-corrected chi connectivity index (χ3v) is 5.06. The molecule has 0 aliphatic heterocycles. The summed E-state index contributed by atoms with van der Waals surface area (Å²) in [6.45, 7) is 3.70. The normalized spacial score (nSPS) is 10.4. The SMILES string of the molecule is Cc1sc(NC(=O)c2cccc(Oc3ccccc3)c2)c(C(N)=O)c1C. The molecule has 3 aromatic rings. The average Bonchev–Trinajstić information content (AvgIpc) is 2.90. The highest BCUT2D eigenvalue weighted by molar-refractivity contribution is 7.16. The maximum absolute atomic E-state index is 12.6. The summed E-state index contributed by atoms with van der Waals surface area (Å²) in [6, 6.07) is 16.2. The molecule has 0 aliphatic carbocycles. The maximum atomic E-state index is 12.6. The van der Waals surface area contributed by atoms with Crippen LogP contribution in [0.1, 0.15) is 31.2 Å². The first-order valence-electron chi connectivity index (χ1n) is 8.00. The van der Waals surface area contributed by atoms with E-state index in [-0.39, 0.29) is 5.91 Å². The Balaban J connectivity index is 1.82. The first-order valence-corrected chi connectivity index (χ1v) is 8.81. The van der Waals surface area contributed by atoms with Gasteiger partial charge in [0.25, 0.3) is 11.8 Å². The van der Waals surface area contributed by atoms with E-state index in [0.29, 0.717) is 27.6 Å². The van der Waals surface area contributed by atoms with Crippen molar-refractivity contribution in [2.24, 2.45) is 5.73 Å². The fourth-order valence-electron chi connectivity index (χ4n) is 2.51. The number of carbonyl (C=O) groups excluding carboxylic acids is 2. The maximum Gasteiger partial charge on any atom is 0.256 e. The minimum absolute atomic E-state index is 0.327. The van der Waals surface area contributed by atoms with E-state index in [1.807, 2.05) is 44.2 Å². The summed E-state index contributed by atoms with van der Waals surface area (Å²) in [5.74, 6) is 0.360. The summed E-state index contributed by atoms with van der Waals surface area (Å²) in [5, 5.41) is 3.25. The van der Waals surface area contributed by atoms with Gasteiger partial charge in [0.2, 0.25) is 0 Å². The predicted octanol–water partition coefficient (Wildman–Crippen LogP) is 4.51. The zero-order valence-electron chi connectivity index (χ0n) is 14.4. The topological polar surface area (TPSA) is 81.4 Å². The minimum Gasteiger partial charge on any atom is -0.457 e. The second kappa shape index (κ2) is 7.41. The number of hydrogen-bond donors (Lipinski definition) is 2. The van der Waals surface area contributed by atoms with Gasteiger partial charge in [-0.1, -0.05) is 24.3 Å². The third-order valence-electron chi connectivity index (χ3n) is 3.93. The number of nitrogens with two attached hydrogens (primary N) is 1. The van der Waals surface area contributed by atoms with Crippen molar-refractivity contribution in [3.05, 3.63) is 76.2 Å². The molecule has 0 spiro atoms. The minimum atomic E-state index is -0.552. The number of ether oxygens (including phenoxy) is 1. The van der Waals surface area contributed by atoms with Crippen LogP contribution < -0.4 is 15.8 Å². The molecule has 1 aromatic heterocycles. The van der Waals surface area contributed by atoms with Crippen LogP contribution in [-0.2, 0) is 0 Å². The molecule has 0 fully saturated rings. The number of rotatable bonds is 5. The van der Waals surface area contributed by atoms with Crippen LogP contribution in [0, 0.1) is 13.8 Å². The highest BCUT2D eigenvalue weighted by atomic mass is 32.1. The van der Waals surface area contributed by atoms with Crippen LogP contribution in [0.4, 0.5) is 5.00 Å². The number of benzene rings is 2. The Morgan fingerprint density at radius 1 is 1.00 bits per heavy atom. The largest absolute Gasteiger partial charge is 0.457 e. The molecule has 3 N–H and O–H groups in total. The molecule has 0 bridgehead atoms. The van der Waals surface area contributed by atoms with E-state index in [4.69, 9.17) is 10.5 Å². The van der Waals surface area contributed by atoms with Gasteiger partial charge in [0.15, 0.2) is 0 Å². The molecule has 2 amide bonds. The van der Waals surface area contributed by atoms with Crippen molar-refractivity contribution in [3.63, 3.8) is 0 Å². The Hall–Kier alpha value is -3.12. The fourth-order valence-corrected chi connectivity index (χ4v) is 3.57. The first-order chi connectivity index (χ1) is 12.5. The van der Waals surface area contributed by atoms with Crippen molar-refractivity contribution in [2.75, 3.05) is 5.32 Å². The molecule has 0 saturated carbocycles. The number of carbonyl (C=O) groups is 2. The van der Waals surface area contributed by atoms with Crippen LogP contribution in [0.15, 0.2) is 54.6 Å². The monoisotopic (exact) mass is 366 g/mol. The number of primary amides is 1. The second-order valence-electron chi connectivity index (χ2n) is 5.75. The molecule has 132 valence electrons. The van der Waals surface area contributed by atoms with Crippen LogP contribution in [0.2, 0.25) is 0 Å². The van der Waals surface area contributed by atoms with E-state index in [2.05, 4.69) is 5.32 Å². The molecule has 0 aliphatic rings. The second-order valence-corrected chi connectivity index (χ2v) is 6.97. The summed E-state index contributed by atoms with van der Waals surface area (Å²) >= 11 is 1.34. The highest BCUT2D eigenvalue weighted by Crippen LogP contribution is 2.32. The molecule has 0 radical (unpaired) electrons. The molecule has 0 saturated heterocycles. The Bertz CT molecular complexity index is 964. The van der Waals surface area contributed by atoms with Gasteiger partial charge in [-0.3, -0.25) is 9.59 Å². The summed E-state index contributed by atoms with van der Waals surface area (Å²) in [4.78, 5) is 25.2. The summed E-state index contributed by atoms with van der Waals surface area (Å²) in [6.07, 6.45) is 0. The zero-order valence-corrected chi connectivity index (χ0v) is 15.2. The van der Waals surface area contributed by atoms with E-state index >= 15 is 0 Å².